The van der Waals surface area contributed by atoms with Crippen molar-refractivity contribution in [1.82, 2.24) is 10.6 Å². The second-order valence-corrected chi connectivity index (χ2v) is 6.99. The zero-order valence-electron chi connectivity index (χ0n) is 15.2. The first-order valence-electron chi connectivity index (χ1n) is 9.20. The summed E-state index contributed by atoms with van der Waals surface area (Å²) in [6.45, 7) is 4.13. The van der Waals surface area contributed by atoms with E-state index >= 15 is 0 Å². The molecule has 2 N–H and O–H groups in total. The number of hydrogen-bond donors (Lipinski definition) is 2. The predicted octanol–water partition coefficient (Wildman–Crippen LogP) is 3.77. The largest absolute Gasteiger partial charge is 0.371 e. The van der Waals surface area contributed by atoms with E-state index in [9.17, 15) is 4.39 Å². The molecule has 6 heteroatoms. The van der Waals surface area contributed by atoms with Crippen molar-refractivity contribution in [2.24, 2.45) is 10.9 Å². The van der Waals surface area contributed by atoms with Gasteiger partial charge in [-0.25, -0.2) is 4.39 Å². The Balaban J connectivity index is 0.00000225. The van der Waals surface area contributed by atoms with E-state index in [0.717, 1.165) is 43.5 Å². The number of aliphatic imine (C=N–C) groups is 1. The van der Waals surface area contributed by atoms with Gasteiger partial charge in [-0.15, -0.1) is 24.0 Å². The molecule has 1 aliphatic carbocycles. The summed E-state index contributed by atoms with van der Waals surface area (Å²) in [4.78, 5) is 6.64. The minimum atomic E-state index is -0.164. The molecule has 25 heavy (non-hydrogen) atoms. The molecule has 4 nitrogen and oxygen atoms in total. The number of piperidine rings is 1. The first-order chi connectivity index (χ1) is 11.7. The number of rotatable bonds is 5. The Morgan fingerprint density at radius 2 is 2.04 bits per heavy atom. The second kappa shape index (κ2) is 9.59. The number of nitrogens with one attached hydrogen (secondary N) is 2. The van der Waals surface area contributed by atoms with E-state index in [0.29, 0.717) is 12.1 Å². The maximum atomic E-state index is 13.4. The summed E-state index contributed by atoms with van der Waals surface area (Å²) in [7, 11) is 1.84. The molecule has 1 saturated carbocycles. The van der Waals surface area contributed by atoms with Gasteiger partial charge >= 0.3 is 0 Å². The molecule has 0 amide bonds. The number of benzene rings is 1. The summed E-state index contributed by atoms with van der Waals surface area (Å²) in [5.74, 6) is 1.59. The first kappa shape index (κ1) is 20.3. The SMILES string of the molecule is CCCC1CC1NC(=NC)NC1CCN(c2cccc(F)c2)CC1.I. The normalized spacial score (nSPS) is 23.8. The molecule has 1 saturated heterocycles. The van der Waals surface area contributed by atoms with Crippen molar-refractivity contribution in [2.45, 2.75) is 51.1 Å². The van der Waals surface area contributed by atoms with Gasteiger partial charge in [0.15, 0.2) is 5.96 Å². The Morgan fingerprint density at radius 1 is 1.28 bits per heavy atom. The monoisotopic (exact) mass is 460 g/mol. The Labute approximate surface area is 167 Å². The highest BCUT2D eigenvalue weighted by Gasteiger charge is 2.36. The van der Waals surface area contributed by atoms with Gasteiger partial charge in [0.25, 0.3) is 0 Å². The van der Waals surface area contributed by atoms with Gasteiger partial charge < -0.3 is 15.5 Å². The highest BCUT2D eigenvalue weighted by atomic mass is 127. The molecule has 1 aromatic rings. The van der Waals surface area contributed by atoms with Gasteiger partial charge in [0, 0.05) is 37.9 Å². The van der Waals surface area contributed by atoms with Crippen molar-refractivity contribution in [2.75, 3.05) is 25.0 Å². The smallest absolute Gasteiger partial charge is 0.191 e. The van der Waals surface area contributed by atoms with Gasteiger partial charge in [0.2, 0.25) is 0 Å². The number of guanidine groups is 1. The average molecular weight is 460 g/mol. The highest BCUT2D eigenvalue weighted by Crippen LogP contribution is 2.34. The van der Waals surface area contributed by atoms with Crippen LogP contribution >= 0.6 is 24.0 Å². The summed E-state index contributed by atoms with van der Waals surface area (Å²) in [5.41, 5.74) is 0.983. The Hall–Kier alpha value is -1.05. The Kier molecular flexibility index (Phi) is 7.78. The lowest BCUT2D eigenvalue weighted by Crippen LogP contribution is -2.49. The van der Waals surface area contributed by atoms with E-state index in [1.54, 1.807) is 12.1 Å². The van der Waals surface area contributed by atoms with Crippen LogP contribution in [0.5, 0.6) is 0 Å². The van der Waals surface area contributed by atoms with Crippen LogP contribution in [0.1, 0.15) is 39.0 Å². The average Bonchev–Trinajstić information content (AvgIpc) is 3.33. The molecule has 2 unspecified atom stereocenters. The van der Waals surface area contributed by atoms with Crippen LogP contribution in [0.2, 0.25) is 0 Å². The molecular weight excluding hydrogens is 430 g/mol. The molecule has 1 aliphatic heterocycles. The Bertz CT molecular complexity index is 572. The van der Waals surface area contributed by atoms with E-state index in [1.165, 1.54) is 25.3 Å². The van der Waals surface area contributed by atoms with Gasteiger partial charge in [-0.1, -0.05) is 19.4 Å². The van der Waals surface area contributed by atoms with Crippen LogP contribution in [-0.2, 0) is 0 Å². The summed E-state index contributed by atoms with van der Waals surface area (Å²) in [6.07, 6.45) is 5.92. The molecular formula is C19H30FIN4. The third-order valence-corrected chi connectivity index (χ3v) is 5.14. The highest BCUT2D eigenvalue weighted by molar-refractivity contribution is 14.0. The van der Waals surface area contributed by atoms with E-state index in [2.05, 4.69) is 27.4 Å². The molecule has 3 rings (SSSR count). The number of hydrogen-bond acceptors (Lipinski definition) is 2. The van der Waals surface area contributed by atoms with Gasteiger partial charge in [-0.3, -0.25) is 4.99 Å². The lowest BCUT2D eigenvalue weighted by molar-refractivity contribution is 0.460. The molecule has 0 radical (unpaired) electrons. The quantitative estimate of drug-likeness (QED) is 0.400. The Morgan fingerprint density at radius 3 is 2.68 bits per heavy atom. The van der Waals surface area contributed by atoms with E-state index in [1.807, 2.05) is 13.1 Å². The summed E-state index contributed by atoms with van der Waals surface area (Å²) < 4.78 is 13.4. The van der Waals surface area contributed by atoms with Crippen molar-refractivity contribution < 1.29 is 4.39 Å². The zero-order valence-corrected chi connectivity index (χ0v) is 17.5. The number of nitrogens with zero attached hydrogens (tertiary/aromatic N) is 2. The lowest BCUT2D eigenvalue weighted by Gasteiger charge is -2.34. The molecule has 1 aromatic carbocycles. The van der Waals surface area contributed by atoms with Gasteiger partial charge in [-0.05, 0) is 49.8 Å². The first-order valence-corrected chi connectivity index (χ1v) is 9.20. The van der Waals surface area contributed by atoms with Crippen molar-refractivity contribution in [3.63, 3.8) is 0 Å². The zero-order chi connectivity index (χ0) is 16.9. The van der Waals surface area contributed by atoms with Crippen LogP contribution in [-0.4, -0.2) is 38.2 Å². The van der Waals surface area contributed by atoms with Gasteiger partial charge in [0.1, 0.15) is 5.82 Å². The summed E-state index contributed by atoms with van der Waals surface area (Å²) in [6, 6.07) is 7.92. The molecule has 2 atom stereocenters. The predicted molar refractivity (Wildman–Crippen MR) is 113 cm³/mol. The number of anilines is 1. The van der Waals surface area contributed by atoms with Crippen molar-refractivity contribution >= 4 is 35.6 Å². The van der Waals surface area contributed by atoms with Crippen LogP contribution in [0.15, 0.2) is 29.3 Å². The molecule has 140 valence electrons. The van der Waals surface area contributed by atoms with E-state index in [-0.39, 0.29) is 29.8 Å². The molecule has 0 spiro atoms. The van der Waals surface area contributed by atoms with Crippen molar-refractivity contribution in [3.05, 3.63) is 30.1 Å². The standard InChI is InChI=1S/C19H29FN4.HI/c1-3-5-14-12-18(14)23-19(21-2)22-16-8-10-24(11-9-16)17-7-4-6-15(20)13-17;/h4,6-7,13-14,16,18H,3,5,8-12H2,1-2H3,(H2,21,22,23);1H. The summed E-state index contributed by atoms with van der Waals surface area (Å²) in [5, 5.41) is 7.11. The third-order valence-electron chi connectivity index (χ3n) is 5.14. The van der Waals surface area contributed by atoms with Crippen LogP contribution in [0.3, 0.4) is 0 Å². The molecule has 2 fully saturated rings. The van der Waals surface area contributed by atoms with Crippen molar-refractivity contribution in [1.29, 1.82) is 0 Å². The second-order valence-electron chi connectivity index (χ2n) is 6.99. The van der Waals surface area contributed by atoms with E-state index in [4.69, 9.17) is 0 Å². The third kappa shape index (κ3) is 5.72. The van der Waals surface area contributed by atoms with Crippen LogP contribution in [0, 0.1) is 11.7 Å². The maximum absolute atomic E-state index is 13.4. The fourth-order valence-electron chi connectivity index (χ4n) is 3.61. The van der Waals surface area contributed by atoms with Crippen LogP contribution < -0.4 is 15.5 Å². The van der Waals surface area contributed by atoms with Crippen LogP contribution in [0.4, 0.5) is 10.1 Å². The molecule has 2 aliphatic rings. The lowest BCUT2D eigenvalue weighted by atomic mass is 10.0. The molecule has 1 heterocycles. The minimum Gasteiger partial charge on any atom is -0.371 e. The van der Waals surface area contributed by atoms with Gasteiger partial charge in [-0.2, -0.15) is 0 Å². The summed E-state index contributed by atoms with van der Waals surface area (Å²) >= 11 is 0. The van der Waals surface area contributed by atoms with Crippen molar-refractivity contribution in [3.8, 4) is 0 Å². The fraction of sp³-hybridized carbons (Fsp3) is 0.632. The van der Waals surface area contributed by atoms with Gasteiger partial charge in [0.05, 0.1) is 0 Å². The van der Waals surface area contributed by atoms with E-state index < -0.39 is 0 Å². The minimum absolute atomic E-state index is 0. The number of halogens is 2. The fourth-order valence-corrected chi connectivity index (χ4v) is 3.61. The molecule has 0 bridgehead atoms. The topological polar surface area (TPSA) is 39.7 Å². The molecule has 0 aromatic heterocycles. The maximum Gasteiger partial charge on any atom is 0.191 e. The van der Waals surface area contributed by atoms with Crippen LogP contribution in [0.25, 0.3) is 0 Å².